The second kappa shape index (κ2) is 6.15. The molecule has 0 amide bonds. The molecule has 1 rings (SSSR count). The standard InChI is InChI=1S/C12H14F4O2/c1-8-2-3-10(13)4-9(8)5-11(17)6-18-7-12(14,15)16/h2-4,11,17H,5-7H2,1H3. The number of alkyl halides is 3. The normalized spacial score (nSPS) is 13.7. The average molecular weight is 266 g/mol. The third-order valence-electron chi connectivity index (χ3n) is 2.34. The van der Waals surface area contributed by atoms with Crippen LogP contribution in [0, 0.1) is 12.7 Å². The van der Waals surface area contributed by atoms with E-state index in [-0.39, 0.29) is 6.42 Å². The maximum absolute atomic E-state index is 12.9. The van der Waals surface area contributed by atoms with Gasteiger partial charge in [0.2, 0.25) is 0 Å². The van der Waals surface area contributed by atoms with Crippen LogP contribution in [-0.4, -0.2) is 30.6 Å². The Bertz CT molecular complexity index is 390. The summed E-state index contributed by atoms with van der Waals surface area (Å²) in [6, 6.07) is 4.08. The first-order chi connectivity index (χ1) is 8.28. The molecule has 0 bridgehead atoms. The van der Waals surface area contributed by atoms with Crippen molar-refractivity contribution in [3.8, 4) is 0 Å². The summed E-state index contributed by atoms with van der Waals surface area (Å²) in [5.74, 6) is -0.445. The Hall–Kier alpha value is -1.14. The lowest BCUT2D eigenvalue weighted by Gasteiger charge is -2.14. The molecular formula is C12H14F4O2. The Balaban J connectivity index is 2.44. The minimum absolute atomic E-state index is 0.0570. The zero-order valence-electron chi connectivity index (χ0n) is 9.80. The van der Waals surface area contributed by atoms with Crippen molar-refractivity contribution >= 4 is 0 Å². The monoisotopic (exact) mass is 266 g/mol. The number of aliphatic hydroxyl groups is 1. The molecule has 0 spiro atoms. The summed E-state index contributed by atoms with van der Waals surface area (Å²) >= 11 is 0. The minimum atomic E-state index is -4.41. The van der Waals surface area contributed by atoms with Gasteiger partial charge in [0, 0.05) is 6.42 Å². The lowest BCUT2D eigenvalue weighted by atomic mass is 10.0. The summed E-state index contributed by atoms with van der Waals surface area (Å²) in [6.07, 6.45) is -5.44. The molecule has 0 aliphatic heterocycles. The lowest BCUT2D eigenvalue weighted by molar-refractivity contribution is -0.179. The zero-order valence-corrected chi connectivity index (χ0v) is 9.80. The maximum Gasteiger partial charge on any atom is 0.411 e. The molecule has 0 aliphatic rings. The van der Waals surface area contributed by atoms with Crippen molar-refractivity contribution in [2.45, 2.75) is 25.6 Å². The van der Waals surface area contributed by atoms with Crippen LogP contribution < -0.4 is 0 Å². The van der Waals surface area contributed by atoms with Gasteiger partial charge in [-0.15, -0.1) is 0 Å². The Kier molecular flexibility index (Phi) is 5.10. The van der Waals surface area contributed by atoms with Crippen molar-refractivity contribution in [1.29, 1.82) is 0 Å². The summed E-state index contributed by atoms with van der Waals surface area (Å²) in [6.45, 7) is -0.0975. The molecule has 18 heavy (non-hydrogen) atoms. The number of rotatable bonds is 5. The van der Waals surface area contributed by atoms with E-state index in [1.165, 1.54) is 12.1 Å². The van der Waals surface area contributed by atoms with Gasteiger partial charge in [-0.3, -0.25) is 0 Å². The topological polar surface area (TPSA) is 29.5 Å². The predicted octanol–water partition coefficient (Wildman–Crippen LogP) is 2.62. The van der Waals surface area contributed by atoms with E-state index in [0.29, 0.717) is 5.56 Å². The third kappa shape index (κ3) is 5.46. The van der Waals surface area contributed by atoms with E-state index in [1.807, 2.05) is 0 Å². The van der Waals surface area contributed by atoms with Gasteiger partial charge in [0.15, 0.2) is 0 Å². The van der Waals surface area contributed by atoms with E-state index in [1.54, 1.807) is 13.0 Å². The van der Waals surface area contributed by atoms with Crippen LogP contribution in [0.25, 0.3) is 0 Å². The average Bonchev–Trinajstić information content (AvgIpc) is 2.21. The van der Waals surface area contributed by atoms with Gasteiger partial charge in [-0.25, -0.2) is 4.39 Å². The van der Waals surface area contributed by atoms with Crippen LogP contribution in [-0.2, 0) is 11.2 Å². The highest BCUT2D eigenvalue weighted by molar-refractivity contribution is 5.27. The van der Waals surface area contributed by atoms with Crippen LogP contribution in [0.5, 0.6) is 0 Å². The zero-order chi connectivity index (χ0) is 13.8. The van der Waals surface area contributed by atoms with E-state index in [4.69, 9.17) is 0 Å². The summed E-state index contributed by atoms with van der Waals surface area (Å²) < 4.78 is 52.7. The van der Waals surface area contributed by atoms with Gasteiger partial charge >= 0.3 is 6.18 Å². The van der Waals surface area contributed by atoms with E-state index in [9.17, 15) is 22.7 Å². The summed E-state index contributed by atoms with van der Waals surface area (Å²) in [4.78, 5) is 0. The van der Waals surface area contributed by atoms with Gasteiger partial charge in [-0.1, -0.05) is 6.07 Å². The summed E-state index contributed by atoms with van der Waals surface area (Å²) in [7, 11) is 0. The van der Waals surface area contributed by atoms with Crippen molar-refractivity contribution in [2.75, 3.05) is 13.2 Å². The van der Waals surface area contributed by atoms with Crippen LogP contribution in [0.1, 0.15) is 11.1 Å². The van der Waals surface area contributed by atoms with E-state index in [0.717, 1.165) is 5.56 Å². The van der Waals surface area contributed by atoms with Gasteiger partial charge in [0.1, 0.15) is 12.4 Å². The molecule has 2 nitrogen and oxygen atoms in total. The molecule has 6 heteroatoms. The molecule has 0 fully saturated rings. The van der Waals surface area contributed by atoms with Crippen molar-refractivity contribution in [2.24, 2.45) is 0 Å². The second-order valence-electron chi connectivity index (χ2n) is 4.06. The Labute approximate surface area is 102 Å². The Morgan fingerprint density at radius 2 is 2.00 bits per heavy atom. The fraction of sp³-hybridized carbons (Fsp3) is 0.500. The molecule has 0 saturated carbocycles. The van der Waals surface area contributed by atoms with E-state index >= 15 is 0 Å². The first kappa shape index (κ1) is 14.9. The molecule has 1 unspecified atom stereocenters. The molecule has 0 aliphatic carbocycles. The molecule has 0 saturated heterocycles. The predicted molar refractivity (Wildman–Crippen MR) is 57.7 cm³/mol. The lowest BCUT2D eigenvalue weighted by Crippen LogP contribution is -2.24. The highest BCUT2D eigenvalue weighted by Crippen LogP contribution is 2.16. The minimum Gasteiger partial charge on any atom is -0.390 e. The summed E-state index contributed by atoms with van der Waals surface area (Å²) in [5.41, 5.74) is 1.32. The number of hydrogen-bond donors (Lipinski definition) is 1. The highest BCUT2D eigenvalue weighted by atomic mass is 19.4. The first-order valence-electron chi connectivity index (χ1n) is 5.35. The SMILES string of the molecule is Cc1ccc(F)cc1CC(O)COCC(F)(F)F. The van der Waals surface area contributed by atoms with Crippen LogP contribution in [0.15, 0.2) is 18.2 Å². The fourth-order valence-electron chi connectivity index (χ4n) is 1.48. The number of ether oxygens (including phenoxy) is 1. The van der Waals surface area contributed by atoms with Gasteiger partial charge in [0.25, 0.3) is 0 Å². The van der Waals surface area contributed by atoms with Crippen molar-refractivity contribution in [1.82, 2.24) is 0 Å². The van der Waals surface area contributed by atoms with Gasteiger partial charge in [-0.05, 0) is 30.2 Å². The third-order valence-corrected chi connectivity index (χ3v) is 2.34. The van der Waals surface area contributed by atoms with E-state index < -0.39 is 31.3 Å². The quantitative estimate of drug-likeness (QED) is 0.830. The van der Waals surface area contributed by atoms with Crippen LogP contribution in [0.2, 0.25) is 0 Å². The Morgan fingerprint density at radius 1 is 1.33 bits per heavy atom. The van der Waals surface area contributed by atoms with Gasteiger partial charge in [-0.2, -0.15) is 13.2 Å². The molecular weight excluding hydrogens is 252 g/mol. The molecule has 1 aromatic rings. The molecule has 0 radical (unpaired) electrons. The van der Waals surface area contributed by atoms with Gasteiger partial charge in [0.05, 0.1) is 12.7 Å². The molecule has 1 N–H and O–H groups in total. The molecule has 1 aromatic carbocycles. The molecule has 1 atom stereocenters. The maximum atomic E-state index is 12.9. The van der Waals surface area contributed by atoms with Crippen molar-refractivity contribution in [3.63, 3.8) is 0 Å². The fourth-order valence-corrected chi connectivity index (χ4v) is 1.48. The molecule has 102 valence electrons. The van der Waals surface area contributed by atoms with Crippen LogP contribution in [0.3, 0.4) is 0 Å². The van der Waals surface area contributed by atoms with Crippen LogP contribution in [0.4, 0.5) is 17.6 Å². The number of benzene rings is 1. The number of halogens is 4. The van der Waals surface area contributed by atoms with Crippen molar-refractivity contribution in [3.05, 3.63) is 35.1 Å². The number of aliphatic hydroxyl groups excluding tert-OH is 1. The smallest absolute Gasteiger partial charge is 0.390 e. The first-order valence-corrected chi connectivity index (χ1v) is 5.35. The molecule has 0 heterocycles. The second-order valence-corrected chi connectivity index (χ2v) is 4.06. The highest BCUT2D eigenvalue weighted by Gasteiger charge is 2.27. The number of hydrogen-bond acceptors (Lipinski definition) is 2. The number of aryl methyl sites for hydroxylation is 1. The van der Waals surface area contributed by atoms with Gasteiger partial charge < -0.3 is 9.84 Å². The van der Waals surface area contributed by atoms with E-state index in [2.05, 4.69) is 4.74 Å². The Morgan fingerprint density at radius 3 is 2.61 bits per heavy atom. The summed E-state index contributed by atoms with van der Waals surface area (Å²) in [5, 5.41) is 9.50. The van der Waals surface area contributed by atoms with Crippen LogP contribution >= 0.6 is 0 Å². The molecule has 0 aromatic heterocycles. The van der Waals surface area contributed by atoms with Crippen molar-refractivity contribution < 1.29 is 27.4 Å². The largest absolute Gasteiger partial charge is 0.411 e.